The van der Waals surface area contributed by atoms with E-state index in [4.69, 9.17) is 4.74 Å². The zero-order valence-corrected chi connectivity index (χ0v) is 19.8. The molecule has 1 saturated heterocycles. The van der Waals surface area contributed by atoms with Gasteiger partial charge in [0, 0.05) is 56.9 Å². The largest absolute Gasteiger partial charge is 0.474 e. The average Bonchev–Trinajstić information content (AvgIpc) is 3.54. The molecule has 0 spiro atoms. The van der Waals surface area contributed by atoms with Crippen molar-refractivity contribution in [3.8, 4) is 5.88 Å². The molecule has 1 aliphatic carbocycles. The van der Waals surface area contributed by atoms with Gasteiger partial charge in [-0.25, -0.2) is 18.4 Å². The molecule has 5 rings (SSSR count). The molecule has 2 fully saturated rings. The zero-order chi connectivity index (χ0) is 23.0. The molecule has 1 amide bonds. The number of rotatable bonds is 7. The highest BCUT2D eigenvalue weighted by Crippen LogP contribution is 2.36. The Morgan fingerprint density at radius 2 is 1.88 bits per heavy atom. The molecule has 2 aliphatic heterocycles. The summed E-state index contributed by atoms with van der Waals surface area (Å²) < 4.78 is 29.9. The Kier molecular flexibility index (Phi) is 5.99. The maximum atomic E-state index is 12.4. The lowest BCUT2D eigenvalue weighted by Crippen LogP contribution is -2.41. The number of carbonyl (C=O) groups is 1. The van der Waals surface area contributed by atoms with E-state index in [0.717, 1.165) is 68.3 Å². The van der Waals surface area contributed by atoms with Gasteiger partial charge in [0.2, 0.25) is 11.8 Å². The number of nitrogens with zero attached hydrogens (tertiary/aromatic N) is 4. The minimum atomic E-state index is -3.23. The van der Waals surface area contributed by atoms with Crippen molar-refractivity contribution in [2.75, 3.05) is 30.8 Å². The summed E-state index contributed by atoms with van der Waals surface area (Å²) in [5.41, 5.74) is 1.96. The molecule has 0 N–H and O–H groups in total. The minimum absolute atomic E-state index is 0.0309. The van der Waals surface area contributed by atoms with Crippen LogP contribution >= 0.6 is 0 Å². The number of carbonyl (C=O) groups excluding carboxylic acids is 1. The fraction of sp³-hybridized carbons (Fsp3) is 0.542. The summed E-state index contributed by atoms with van der Waals surface area (Å²) in [6.45, 7) is 2.18. The maximum Gasteiger partial charge on any atom is 0.222 e. The van der Waals surface area contributed by atoms with E-state index in [2.05, 4.69) is 14.9 Å². The van der Waals surface area contributed by atoms with E-state index >= 15 is 0 Å². The predicted octanol–water partition coefficient (Wildman–Crippen LogP) is 3.13. The van der Waals surface area contributed by atoms with Gasteiger partial charge in [0.1, 0.15) is 18.2 Å². The number of fused-ring (bicyclic) bond motifs is 1. The van der Waals surface area contributed by atoms with Crippen molar-refractivity contribution in [2.45, 2.75) is 55.9 Å². The van der Waals surface area contributed by atoms with Gasteiger partial charge >= 0.3 is 0 Å². The van der Waals surface area contributed by atoms with Gasteiger partial charge in [0.15, 0.2) is 9.84 Å². The van der Waals surface area contributed by atoms with E-state index in [0.29, 0.717) is 17.2 Å². The molecule has 8 nitrogen and oxygen atoms in total. The van der Waals surface area contributed by atoms with Crippen LogP contribution in [-0.2, 0) is 21.1 Å². The fourth-order valence-corrected chi connectivity index (χ4v) is 5.35. The topological polar surface area (TPSA) is 92.7 Å². The van der Waals surface area contributed by atoms with Crippen molar-refractivity contribution < 1.29 is 17.9 Å². The molecule has 176 valence electrons. The molecular weight excluding hydrogens is 440 g/mol. The van der Waals surface area contributed by atoms with Crippen LogP contribution in [0.4, 0.5) is 11.5 Å². The highest BCUT2D eigenvalue weighted by atomic mass is 32.2. The first-order valence-electron chi connectivity index (χ1n) is 11.7. The zero-order valence-electron chi connectivity index (χ0n) is 18.9. The summed E-state index contributed by atoms with van der Waals surface area (Å²) in [5, 5.41) is 0. The Bertz CT molecular complexity index is 1140. The van der Waals surface area contributed by atoms with Gasteiger partial charge < -0.3 is 14.5 Å². The lowest BCUT2D eigenvalue weighted by Gasteiger charge is -2.32. The molecule has 3 aliphatic rings. The number of hydrogen-bond acceptors (Lipinski definition) is 7. The number of ether oxygens (including phenoxy) is 1. The Morgan fingerprint density at radius 1 is 1.09 bits per heavy atom. The quantitative estimate of drug-likeness (QED) is 0.614. The third-order valence-corrected chi connectivity index (χ3v) is 7.93. The van der Waals surface area contributed by atoms with Gasteiger partial charge in [-0.3, -0.25) is 4.79 Å². The van der Waals surface area contributed by atoms with Crippen LogP contribution in [0.5, 0.6) is 5.88 Å². The summed E-state index contributed by atoms with van der Waals surface area (Å²) in [6.07, 6.45) is 9.40. The van der Waals surface area contributed by atoms with Crippen molar-refractivity contribution in [1.82, 2.24) is 14.9 Å². The lowest BCUT2D eigenvalue weighted by atomic mass is 10.1. The van der Waals surface area contributed by atoms with Gasteiger partial charge in [-0.15, -0.1) is 0 Å². The molecule has 0 radical (unpaired) electrons. The highest BCUT2D eigenvalue weighted by Gasteiger charge is 2.28. The second-order valence-corrected chi connectivity index (χ2v) is 11.4. The number of benzene rings is 1. The van der Waals surface area contributed by atoms with Crippen LogP contribution in [0.2, 0.25) is 0 Å². The molecular formula is C24H30N4O4S. The van der Waals surface area contributed by atoms with Crippen LogP contribution < -0.4 is 9.64 Å². The van der Waals surface area contributed by atoms with E-state index in [1.807, 2.05) is 17.0 Å². The Morgan fingerprint density at radius 3 is 2.61 bits per heavy atom. The SMILES string of the molecule is CS(=O)(=O)c1ccc2c(c1)CCN2c1cc(OC2CCN(C(=O)CCC3CC3)CC2)ncn1. The molecule has 1 aromatic carbocycles. The molecule has 1 saturated carbocycles. The van der Waals surface area contributed by atoms with Gasteiger partial charge in [-0.05, 0) is 42.5 Å². The van der Waals surface area contributed by atoms with Crippen LogP contribution in [0, 0.1) is 5.92 Å². The molecule has 9 heteroatoms. The molecule has 0 atom stereocenters. The number of likely N-dealkylation sites (tertiary alicyclic amines) is 1. The molecule has 2 aromatic rings. The first kappa shape index (κ1) is 22.1. The minimum Gasteiger partial charge on any atom is -0.474 e. The molecule has 1 aromatic heterocycles. The number of hydrogen-bond donors (Lipinski definition) is 0. The highest BCUT2D eigenvalue weighted by molar-refractivity contribution is 7.90. The van der Waals surface area contributed by atoms with Crippen molar-refractivity contribution in [3.05, 3.63) is 36.2 Å². The number of sulfone groups is 1. The summed E-state index contributed by atoms with van der Waals surface area (Å²) in [6, 6.07) is 7.08. The van der Waals surface area contributed by atoms with Crippen LogP contribution in [-0.4, -0.2) is 61.2 Å². The Balaban J connectivity index is 1.20. The van der Waals surface area contributed by atoms with Crippen molar-refractivity contribution in [3.63, 3.8) is 0 Å². The van der Waals surface area contributed by atoms with Crippen molar-refractivity contribution in [1.29, 1.82) is 0 Å². The molecule has 33 heavy (non-hydrogen) atoms. The maximum absolute atomic E-state index is 12.4. The molecule has 3 heterocycles. The van der Waals surface area contributed by atoms with Crippen LogP contribution in [0.15, 0.2) is 35.5 Å². The fourth-order valence-electron chi connectivity index (χ4n) is 4.67. The third kappa shape index (κ3) is 5.13. The van der Waals surface area contributed by atoms with Crippen LogP contribution in [0.25, 0.3) is 0 Å². The number of anilines is 2. The third-order valence-electron chi connectivity index (χ3n) is 6.82. The normalized spacial score (nSPS) is 18.9. The number of piperidine rings is 1. The second kappa shape index (κ2) is 8.93. The lowest BCUT2D eigenvalue weighted by molar-refractivity contribution is -0.133. The van der Waals surface area contributed by atoms with Gasteiger partial charge in [-0.1, -0.05) is 12.8 Å². The van der Waals surface area contributed by atoms with E-state index in [-0.39, 0.29) is 12.0 Å². The van der Waals surface area contributed by atoms with E-state index in [9.17, 15) is 13.2 Å². The summed E-state index contributed by atoms with van der Waals surface area (Å²) in [7, 11) is -3.23. The number of amides is 1. The Hall–Kier alpha value is -2.68. The first-order valence-corrected chi connectivity index (χ1v) is 13.6. The van der Waals surface area contributed by atoms with Gasteiger partial charge in [-0.2, -0.15) is 0 Å². The predicted molar refractivity (Wildman–Crippen MR) is 124 cm³/mol. The standard InChI is InChI=1S/C24H30N4O4S/c1-33(30,31)20-5-6-21-18(14-20)8-13-28(21)22-15-23(26-16-25-22)32-19-9-11-27(12-10-19)24(29)7-4-17-2-3-17/h5-6,14-17,19H,2-4,7-13H2,1H3. The monoisotopic (exact) mass is 470 g/mol. The summed E-state index contributed by atoms with van der Waals surface area (Å²) in [4.78, 5) is 25.5. The number of aromatic nitrogens is 2. The smallest absolute Gasteiger partial charge is 0.222 e. The van der Waals surface area contributed by atoms with Crippen LogP contribution in [0.1, 0.15) is 44.1 Å². The Labute approximate surface area is 194 Å². The van der Waals surface area contributed by atoms with Crippen molar-refractivity contribution in [2.24, 2.45) is 5.92 Å². The summed E-state index contributed by atoms with van der Waals surface area (Å²) in [5.74, 6) is 2.32. The second-order valence-electron chi connectivity index (χ2n) is 9.36. The first-order chi connectivity index (χ1) is 15.9. The summed E-state index contributed by atoms with van der Waals surface area (Å²) >= 11 is 0. The van der Waals surface area contributed by atoms with E-state index in [1.165, 1.54) is 25.4 Å². The van der Waals surface area contributed by atoms with Gasteiger partial charge in [0.25, 0.3) is 0 Å². The average molecular weight is 471 g/mol. The van der Waals surface area contributed by atoms with Gasteiger partial charge in [0.05, 0.1) is 4.90 Å². The molecule has 0 bridgehead atoms. The van der Waals surface area contributed by atoms with Crippen LogP contribution in [0.3, 0.4) is 0 Å². The van der Waals surface area contributed by atoms with Crippen molar-refractivity contribution >= 4 is 27.2 Å². The van der Waals surface area contributed by atoms with E-state index < -0.39 is 9.84 Å². The van der Waals surface area contributed by atoms with E-state index in [1.54, 1.807) is 12.1 Å². The molecule has 0 unspecified atom stereocenters.